The standard InChI is InChI=1S/C13H19N3O3S/c1-20-6-10(11(18)5-17)14-4-8-2-3-9-12(8)15-7-16-13(9)19/h2,7,10-11,14,17-18H,3-6H2,1H3,(H,15,16,19)/t10-,11+/m1/s1. The van der Waals surface area contributed by atoms with Gasteiger partial charge in [0.2, 0.25) is 0 Å². The molecule has 0 saturated heterocycles. The molecule has 110 valence electrons. The number of thioether (sulfide) groups is 1. The van der Waals surface area contributed by atoms with Crippen LogP contribution in [0.3, 0.4) is 0 Å². The summed E-state index contributed by atoms with van der Waals surface area (Å²) in [4.78, 5) is 18.4. The third-order valence-electron chi connectivity index (χ3n) is 3.36. The van der Waals surface area contributed by atoms with Gasteiger partial charge in [-0.2, -0.15) is 11.8 Å². The first-order valence-corrected chi connectivity index (χ1v) is 7.84. The van der Waals surface area contributed by atoms with Crippen molar-refractivity contribution in [2.45, 2.75) is 18.6 Å². The minimum Gasteiger partial charge on any atom is -0.394 e. The molecule has 20 heavy (non-hydrogen) atoms. The number of H-pyrrole nitrogens is 1. The average Bonchev–Trinajstić information content (AvgIpc) is 2.87. The minimum atomic E-state index is -0.795. The van der Waals surface area contributed by atoms with Crippen LogP contribution in [0.15, 0.2) is 17.2 Å². The molecule has 1 aromatic rings. The van der Waals surface area contributed by atoms with Crippen molar-refractivity contribution in [3.63, 3.8) is 0 Å². The van der Waals surface area contributed by atoms with Gasteiger partial charge < -0.3 is 20.5 Å². The number of nitrogens with one attached hydrogen (secondary N) is 2. The topological polar surface area (TPSA) is 98.2 Å². The molecule has 7 heteroatoms. The zero-order chi connectivity index (χ0) is 14.5. The number of fused-ring (bicyclic) bond motifs is 1. The summed E-state index contributed by atoms with van der Waals surface area (Å²) in [6, 6.07) is -0.193. The van der Waals surface area contributed by atoms with E-state index in [0.717, 1.165) is 11.3 Å². The summed E-state index contributed by atoms with van der Waals surface area (Å²) in [5.41, 5.74) is 2.27. The summed E-state index contributed by atoms with van der Waals surface area (Å²) >= 11 is 1.60. The molecule has 0 bridgehead atoms. The van der Waals surface area contributed by atoms with E-state index in [2.05, 4.69) is 15.3 Å². The number of rotatable bonds is 7. The number of aliphatic hydroxyl groups excluding tert-OH is 2. The van der Waals surface area contributed by atoms with E-state index in [1.165, 1.54) is 6.33 Å². The first-order valence-electron chi connectivity index (χ1n) is 6.44. The number of nitrogens with zero attached hydrogens (tertiary/aromatic N) is 1. The predicted molar refractivity (Wildman–Crippen MR) is 79.8 cm³/mol. The van der Waals surface area contributed by atoms with Crippen LogP contribution in [0.5, 0.6) is 0 Å². The van der Waals surface area contributed by atoms with Crippen LogP contribution < -0.4 is 10.9 Å². The van der Waals surface area contributed by atoms with Gasteiger partial charge in [-0.25, -0.2) is 4.98 Å². The largest absolute Gasteiger partial charge is 0.394 e. The summed E-state index contributed by atoms with van der Waals surface area (Å²) < 4.78 is 0. The monoisotopic (exact) mass is 297 g/mol. The van der Waals surface area contributed by atoms with Gasteiger partial charge in [-0.3, -0.25) is 4.79 Å². The first-order chi connectivity index (χ1) is 9.67. The van der Waals surface area contributed by atoms with Crippen LogP contribution in [0.2, 0.25) is 0 Å². The molecule has 0 aliphatic heterocycles. The Morgan fingerprint density at radius 3 is 3.10 bits per heavy atom. The van der Waals surface area contributed by atoms with E-state index in [1.54, 1.807) is 11.8 Å². The molecular weight excluding hydrogens is 278 g/mol. The fourth-order valence-corrected chi connectivity index (χ4v) is 2.92. The Balaban J connectivity index is 2.02. The molecule has 0 saturated carbocycles. The van der Waals surface area contributed by atoms with E-state index in [-0.39, 0.29) is 18.2 Å². The zero-order valence-electron chi connectivity index (χ0n) is 11.3. The second kappa shape index (κ2) is 7.03. The smallest absolute Gasteiger partial charge is 0.254 e. The van der Waals surface area contributed by atoms with Crippen molar-refractivity contribution in [3.8, 4) is 0 Å². The van der Waals surface area contributed by atoms with Gasteiger partial charge in [-0.15, -0.1) is 0 Å². The van der Waals surface area contributed by atoms with Crippen LogP contribution in [0.4, 0.5) is 0 Å². The van der Waals surface area contributed by atoms with Gasteiger partial charge >= 0.3 is 0 Å². The zero-order valence-corrected chi connectivity index (χ0v) is 12.1. The lowest BCUT2D eigenvalue weighted by Gasteiger charge is -2.22. The Labute approximate surface area is 121 Å². The summed E-state index contributed by atoms with van der Waals surface area (Å²) in [6.45, 7) is 0.248. The lowest BCUT2D eigenvalue weighted by Crippen LogP contribution is -2.44. The Morgan fingerprint density at radius 1 is 1.60 bits per heavy atom. The molecule has 0 spiro atoms. The summed E-state index contributed by atoms with van der Waals surface area (Å²) in [5.74, 6) is 0.699. The summed E-state index contributed by atoms with van der Waals surface area (Å²) in [6.07, 6.45) is 5.12. The van der Waals surface area contributed by atoms with Crippen molar-refractivity contribution >= 4 is 17.3 Å². The predicted octanol–water partition coefficient (Wildman–Crippen LogP) is -0.616. The number of aromatic amines is 1. The van der Waals surface area contributed by atoms with Gasteiger partial charge in [0.15, 0.2) is 0 Å². The molecular formula is C13H19N3O3S. The number of aromatic nitrogens is 2. The molecule has 2 atom stereocenters. The fourth-order valence-electron chi connectivity index (χ4n) is 2.23. The highest BCUT2D eigenvalue weighted by molar-refractivity contribution is 7.98. The van der Waals surface area contributed by atoms with E-state index < -0.39 is 6.10 Å². The van der Waals surface area contributed by atoms with Crippen LogP contribution in [0.1, 0.15) is 11.3 Å². The number of allylic oxidation sites excluding steroid dienone is 1. The molecule has 0 aromatic carbocycles. The van der Waals surface area contributed by atoms with Crippen LogP contribution >= 0.6 is 11.8 Å². The summed E-state index contributed by atoms with van der Waals surface area (Å²) in [7, 11) is 0. The van der Waals surface area contributed by atoms with Crippen molar-refractivity contribution in [3.05, 3.63) is 34.0 Å². The molecule has 6 nitrogen and oxygen atoms in total. The Bertz CT molecular complexity index is 544. The Morgan fingerprint density at radius 2 is 2.40 bits per heavy atom. The maximum Gasteiger partial charge on any atom is 0.254 e. The summed E-state index contributed by atoms with van der Waals surface area (Å²) in [5, 5.41) is 22.0. The highest BCUT2D eigenvalue weighted by Crippen LogP contribution is 2.21. The average molecular weight is 297 g/mol. The van der Waals surface area contributed by atoms with Crippen molar-refractivity contribution in [2.75, 3.05) is 25.2 Å². The van der Waals surface area contributed by atoms with Crippen molar-refractivity contribution in [2.24, 2.45) is 0 Å². The lowest BCUT2D eigenvalue weighted by atomic mass is 10.1. The molecule has 0 fully saturated rings. The van der Waals surface area contributed by atoms with Gasteiger partial charge in [0.05, 0.1) is 24.7 Å². The van der Waals surface area contributed by atoms with Gasteiger partial charge in [0.1, 0.15) is 0 Å². The third-order valence-corrected chi connectivity index (χ3v) is 4.05. The Kier molecular flexibility index (Phi) is 5.36. The van der Waals surface area contributed by atoms with Crippen molar-refractivity contribution < 1.29 is 10.2 Å². The van der Waals surface area contributed by atoms with E-state index >= 15 is 0 Å². The molecule has 1 aliphatic rings. The first kappa shape index (κ1) is 15.2. The van der Waals surface area contributed by atoms with Crippen molar-refractivity contribution in [1.82, 2.24) is 15.3 Å². The molecule has 4 N–H and O–H groups in total. The van der Waals surface area contributed by atoms with Crippen LogP contribution in [0.25, 0.3) is 5.57 Å². The normalized spacial score (nSPS) is 16.6. The van der Waals surface area contributed by atoms with Gasteiger partial charge in [0.25, 0.3) is 5.56 Å². The van der Waals surface area contributed by atoms with E-state index in [9.17, 15) is 9.90 Å². The molecule has 0 amide bonds. The third kappa shape index (κ3) is 3.29. The molecule has 1 heterocycles. The highest BCUT2D eigenvalue weighted by Gasteiger charge is 2.21. The van der Waals surface area contributed by atoms with E-state index in [4.69, 9.17) is 5.11 Å². The van der Waals surface area contributed by atoms with Crippen molar-refractivity contribution in [1.29, 1.82) is 0 Å². The number of hydrogen-bond donors (Lipinski definition) is 4. The van der Waals surface area contributed by atoms with E-state index in [1.807, 2.05) is 12.3 Å². The maximum atomic E-state index is 11.6. The number of aliphatic hydroxyl groups is 2. The van der Waals surface area contributed by atoms with Gasteiger partial charge in [-0.1, -0.05) is 6.08 Å². The molecule has 0 radical (unpaired) electrons. The Hall–Kier alpha value is -1.15. The molecule has 1 aliphatic carbocycles. The SMILES string of the molecule is CSC[C@@H](NCC1=CCc2c1nc[nH]c2=O)[C@@H](O)CO. The fraction of sp³-hybridized carbons (Fsp3) is 0.538. The quantitative estimate of drug-likeness (QED) is 0.536. The maximum absolute atomic E-state index is 11.6. The second-order valence-electron chi connectivity index (χ2n) is 4.68. The van der Waals surface area contributed by atoms with Crippen LogP contribution in [-0.2, 0) is 6.42 Å². The van der Waals surface area contributed by atoms with Crippen LogP contribution in [-0.4, -0.2) is 57.5 Å². The molecule has 0 unspecified atom stereocenters. The van der Waals surface area contributed by atoms with E-state index in [0.29, 0.717) is 24.3 Å². The van der Waals surface area contributed by atoms with Crippen LogP contribution in [0, 0.1) is 0 Å². The lowest BCUT2D eigenvalue weighted by molar-refractivity contribution is 0.0707. The molecule has 1 aromatic heterocycles. The number of hydrogen-bond acceptors (Lipinski definition) is 6. The van der Waals surface area contributed by atoms with Gasteiger partial charge in [0, 0.05) is 23.9 Å². The molecule has 2 rings (SSSR count). The highest BCUT2D eigenvalue weighted by atomic mass is 32.2. The minimum absolute atomic E-state index is 0.0997. The second-order valence-corrected chi connectivity index (χ2v) is 5.60. The van der Waals surface area contributed by atoms with Gasteiger partial charge in [-0.05, 0) is 18.2 Å².